The number of nitrogens with one attached hydrogen (secondary N) is 1. The van der Waals surface area contributed by atoms with Gasteiger partial charge in [0.2, 0.25) is 5.91 Å². The molecule has 0 aromatic heterocycles. The van der Waals surface area contributed by atoms with Crippen molar-refractivity contribution >= 4 is 17.7 Å². The number of amides is 1. The predicted molar refractivity (Wildman–Crippen MR) is 82.4 cm³/mol. The molecular formula is C16H23NOS. The summed E-state index contributed by atoms with van der Waals surface area (Å²) in [6.07, 6.45) is 6.62. The highest BCUT2D eigenvalue weighted by Gasteiger charge is 2.15. The highest BCUT2D eigenvalue weighted by atomic mass is 32.2. The van der Waals surface area contributed by atoms with Crippen LogP contribution < -0.4 is 5.32 Å². The van der Waals surface area contributed by atoms with Crippen molar-refractivity contribution in [3.05, 3.63) is 35.4 Å². The zero-order valence-electron chi connectivity index (χ0n) is 11.7. The van der Waals surface area contributed by atoms with E-state index in [0.29, 0.717) is 17.5 Å². The lowest BCUT2D eigenvalue weighted by molar-refractivity contribution is -0.118. The third-order valence-electron chi connectivity index (χ3n) is 3.61. The number of rotatable bonds is 5. The maximum absolute atomic E-state index is 11.8. The van der Waals surface area contributed by atoms with Crippen LogP contribution in [0.2, 0.25) is 0 Å². The van der Waals surface area contributed by atoms with Crippen LogP contribution in [0.1, 0.15) is 43.2 Å². The molecule has 1 aromatic rings. The summed E-state index contributed by atoms with van der Waals surface area (Å²) in [7, 11) is 0. The van der Waals surface area contributed by atoms with Crippen molar-refractivity contribution in [1.82, 2.24) is 5.32 Å². The summed E-state index contributed by atoms with van der Waals surface area (Å²) in [5, 5.41) is 3.71. The lowest BCUT2D eigenvalue weighted by Crippen LogP contribution is -2.25. The van der Waals surface area contributed by atoms with E-state index in [2.05, 4.69) is 36.5 Å². The molecule has 0 heterocycles. The smallest absolute Gasteiger partial charge is 0.230 e. The molecule has 1 aliphatic carbocycles. The number of carbonyl (C=O) groups is 1. The Morgan fingerprint density at radius 3 is 2.58 bits per heavy atom. The van der Waals surface area contributed by atoms with Crippen LogP contribution in [0.25, 0.3) is 0 Å². The number of carbonyl (C=O) groups excluding carboxylic acids is 1. The maximum atomic E-state index is 11.8. The molecule has 0 radical (unpaired) electrons. The quantitative estimate of drug-likeness (QED) is 0.889. The third kappa shape index (κ3) is 5.27. The molecule has 3 heteroatoms. The Hall–Kier alpha value is -0.960. The first-order chi connectivity index (χ1) is 9.24. The minimum atomic E-state index is 0.163. The average molecular weight is 277 g/mol. The number of hydrogen-bond acceptors (Lipinski definition) is 2. The largest absolute Gasteiger partial charge is 0.351 e. The molecule has 2 rings (SSSR count). The molecule has 19 heavy (non-hydrogen) atoms. The highest BCUT2D eigenvalue weighted by Crippen LogP contribution is 2.27. The first-order valence-electron chi connectivity index (χ1n) is 7.18. The Balaban J connectivity index is 1.65. The van der Waals surface area contributed by atoms with Crippen LogP contribution in [0, 0.1) is 6.92 Å². The third-order valence-corrected chi connectivity index (χ3v) is 4.98. The van der Waals surface area contributed by atoms with E-state index < -0.39 is 0 Å². The zero-order chi connectivity index (χ0) is 13.5. The Morgan fingerprint density at radius 2 is 1.89 bits per heavy atom. The predicted octanol–water partition coefficient (Wildman–Crippen LogP) is 3.68. The Bertz CT molecular complexity index is 396. The number of hydrogen-bond donors (Lipinski definition) is 1. The molecule has 104 valence electrons. The fourth-order valence-corrected chi connectivity index (χ4v) is 3.54. The molecular weight excluding hydrogens is 254 g/mol. The number of thioether (sulfide) groups is 1. The van der Waals surface area contributed by atoms with Gasteiger partial charge in [-0.05, 0) is 25.3 Å². The minimum absolute atomic E-state index is 0.163. The molecule has 0 bridgehead atoms. The van der Waals surface area contributed by atoms with Gasteiger partial charge in [0.05, 0.1) is 5.75 Å². The summed E-state index contributed by atoms with van der Waals surface area (Å²) >= 11 is 1.83. The van der Waals surface area contributed by atoms with Gasteiger partial charge in [0.15, 0.2) is 0 Å². The highest BCUT2D eigenvalue weighted by molar-refractivity contribution is 8.00. The fraction of sp³-hybridized carbons (Fsp3) is 0.562. The Morgan fingerprint density at radius 1 is 1.21 bits per heavy atom. The van der Waals surface area contributed by atoms with Crippen LogP contribution in [-0.2, 0) is 11.3 Å². The molecule has 1 fully saturated rings. The summed E-state index contributed by atoms with van der Waals surface area (Å²) < 4.78 is 0. The molecule has 1 aliphatic rings. The van der Waals surface area contributed by atoms with E-state index in [1.54, 1.807) is 0 Å². The molecule has 1 aromatic carbocycles. The first-order valence-corrected chi connectivity index (χ1v) is 8.23. The zero-order valence-corrected chi connectivity index (χ0v) is 12.5. The van der Waals surface area contributed by atoms with Crippen LogP contribution in [0.15, 0.2) is 24.3 Å². The van der Waals surface area contributed by atoms with Gasteiger partial charge in [0, 0.05) is 11.8 Å². The van der Waals surface area contributed by atoms with E-state index >= 15 is 0 Å². The van der Waals surface area contributed by atoms with Crippen LogP contribution >= 0.6 is 11.8 Å². The van der Waals surface area contributed by atoms with E-state index in [1.165, 1.54) is 43.2 Å². The van der Waals surface area contributed by atoms with Gasteiger partial charge in [0.25, 0.3) is 0 Å². The Kier molecular flexibility index (Phi) is 5.77. The second kappa shape index (κ2) is 7.59. The molecule has 0 aliphatic heterocycles. The lowest BCUT2D eigenvalue weighted by atomic mass is 10.0. The van der Waals surface area contributed by atoms with Crippen LogP contribution in [0.3, 0.4) is 0 Å². The van der Waals surface area contributed by atoms with E-state index in [-0.39, 0.29) is 5.91 Å². The SMILES string of the molecule is Cc1ccc(CNC(=O)CSC2CCCCC2)cc1. The topological polar surface area (TPSA) is 29.1 Å². The van der Waals surface area contributed by atoms with Gasteiger partial charge in [-0.15, -0.1) is 11.8 Å². The molecule has 0 saturated heterocycles. The standard InChI is InChI=1S/C16H23NOS/c1-13-7-9-14(10-8-13)11-17-16(18)12-19-15-5-3-2-4-6-15/h7-10,15H,2-6,11-12H2,1H3,(H,17,18). The van der Waals surface area contributed by atoms with Crippen LogP contribution in [0.5, 0.6) is 0 Å². The van der Waals surface area contributed by atoms with Gasteiger partial charge < -0.3 is 5.32 Å². The van der Waals surface area contributed by atoms with E-state index in [4.69, 9.17) is 0 Å². The lowest BCUT2D eigenvalue weighted by Gasteiger charge is -2.20. The summed E-state index contributed by atoms with van der Waals surface area (Å²) in [5.74, 6) is 0.771. The molecule has 0 atom stereocenters. The molecule has 1 saturated carbocycles. The Labute approximate surface area is 120 Å². The first kappa shape index (κ1) is 14.4. The van der Waals surface area contributed by atoms with Crippen molar-refractivity contribution in [2.45, 2.75) is 50.8 Å². The molecule has 1 N–H and O–H groups in total. The van der Waals surface area contributed by atoms with Crippen molar-refractivity contribution in [3.8, 4) is 0 Å². The van der Waals surface area contributed by atoms with Crippen LogP contribution in [0.4, 0.5) is 0 Å². The van der Waals surface area contributed by atoms with Gasteiger partial charge in [0.1, 0.15) is 0 Å². The van der Waals surface area contributed by atoms with Gasteiger partial charge in [-0.2, -0.15) is 0 Å². The average Bonchev–Trinajstić information content (AvgIpc) is 2.45. The second-order valence-corrected chi connectivity index (χ2v) is 6.62. The minimum Gasteiger partial charge on any atom is -0.351 e. The summed E-state index contributed by atoms with van der Waals surface area (Å²) in [6.45, 7) is 2.72. The summed E-state index contributed by atoms with van der Waals surface area (Å²) in [4.78, 5) is 11.8. The van der Waals surface area contributed by atoms with Crippen molar-refractivity contribution < 1.29 is 4.79 Å². The van der Waals surface area contributed by atoms with Gasteiger partial charge in [-0.25, -0.2) is 0 Å². The fourth-order valence-electron chi connectivity index (χ4n) is 2.38. The second-order valence-electron chi connectivity index (χ2n) is 5.33. The van der Waals surface area contributed by atoms with E-state index in [1.807, 2.05) is 11.8 Å². The van der Waals surface area contributed by atoms with Crippen molar-refractivity contribution in [2.24, 2.45) is 0 Å². The van der Waals surface area contributed by atoms with Gasteiger partial charge in [-0.1, -0.05) is 49.1 Å². The van der Waals surface area contributed by atoms with Gasteiger partial charge in [-0.3, -0.25) is 4.79 Å². The maximum Gasteiger partial charge on any atom is 0.230 e. The van der Waals surface area contributed by atoms with E-state index in [0.717, 1.165) is 0 Å². The number of aryl methyl sites for hydroxylation is 1. The van der Waals surface area contributed by atoms with Crippen molar-refractivity contribution in [2.75, 3.05) is 5.75 Å². The summed E-state index contributed by atoms with van der Waals surface area (Å²) in [6, 6.07) is 8.31. The number of benzene rings is 1. The molecule has 1 amide bonds. The molecule has 2 nitrogen and oxygen atoms in total. The van der Waals surface area contributed by atoms with Crippen LogP contribution in [-0.4, -0.2) is 16.9 Å². The van der Waals surface area contributed by atoms with E-state index in [9.17, 15) is 4.79 Å². The summed E-state index contributed by atoms with van der Waals surface area (Å²) in [5.41, 5.74) is 2.42. The monoisotopic (exact) mass is 277 g/mol. The molecule has 0 unspecified atom stereocenters. The van der Waals surface area contributed by atoms with Crippen molar-refractivity contribution in [1.29, 1.82) is 0 Å². The normalized spacial score (nSPS) is 16.3. The molecule has 0 spiro atoms. The van der Waals surface area contributed by atoms with Gasteiger partial charge >= 0.3 is 0 Å². The van der Waals surface area contributed by atoms with Crippen molar-refractivity contribution in [3.63, 3.8) is 0 Å².